The van der Waals surface area contributed by atoms with Gasteiger partial charge in [-0.05, 0) is 18.2 Å². The van der Waals surface area contributed by atoms with Crippen molar-refractivity contribution in [3.05, 3.63) is 35.7 Å². The van der Waals surface area contributed by atoms with Crippen LogP contribution in [0, 0.1) is 11.8 Å². The largest absolute Gasteiger partial charge is 0.495 e. The van der Waals surface area contributed by atoms with Crippen molar-refractivity contribution in [1.82, 2.24) is 15.4 Å². The van der Waals surface area contributed by atoms with E-state index in [1.165, 1.54) is 13.3 Å². The fraction of sp³-hybridized carbons (Fsp3) is 0.214. The second kappa shape index (κ2) is 7.07. The number of methoxy groups -OCH3 is 1. The van der Waals surface area contributed by atoms with Crippen LogP contribution in [0.5, 0.6) is 5.75 Å². The zero-order valence-corrected chi connectivity index (χ0v) is 11.4. The Morgan fingerprint density at radius 3 is 3.05 bits per heavy atom. The van der Waals surface area contributed by atoms with Crippen molar-refractivity contribution >= 4 is 11.6 Å². The predicted molar refractivity (Wildman–Crippen MR) is 75.9 cm³/mol. The standard InChI is InChI=1S/C14H14N4O3/c1-21-13-6-5-10(4-2-3-7-19)8-11(13)16-14(20)12-9-15-18-17-12/h5-6,8-9,19H,3,7H2,1H3,(H,16,20)(H,15,17,18). The second-order valence-corrected chi connectivity index (χ2v) is 4.00. The summed E-state index contributed by atoms with van der Waals surface area (Å²) in [6.07, 6.45) is 1.72. The van der Waals surface area contributed by atoms with Gasteiger partial charge in [0.1, 0.15) is 5.75 Å². The third kappa shape index (κ3) is 3.81. The molecule has 0 saturated heterocycles. The van der Waals surface area contributed by atoms with E-state index in [0.717, 1.165) is 0 Å². The van der Waals surface area contributed by atoms with Crippen LogP contribution < -0.4 is 10.1 Å². The Balaban J connectivity index is 2.22. The Kier molecular flexibility index (Phi) is 4.90. The summed E-state index contributed by atoms with van der Waals surface area (Å²) in [6, 6.07) is 5.18. The highest BCUT2D eigenvalue weighted by molar-refractivity contribution is 6.03. The molecule has 2 aromatic rings. The summed E-state index contributed by atoms with van der Waals surface area (Å²) < 4.78 is 5.20. The van der Waals surface area contributed by atoms with Crippen LogP contribution in [0.2, 0.25) is 0 Å². The molecule has 0 bridgehead atoms. The Hall–Kier alpha value is -2.85. The first-order valence-corrected chi connectivity index (χ1v) is 6.19. The van der Waals surface area contributed by atoms with Gasteiger partial charge in [0.25, 0.3) is 5.91 Å². The number of amides is 1. The Morgan fingerprint density at radius 1 is 1.52 bits per heavy atom. The number of anilines is 1. The molecule has 1 amide bonds. The molecule has 0 aliphatic rings. The van der Waals surface area contributed by atoms with Gasteiger partial charge in [0.2, 0.25) is 0 Å². The molecule has 0 atom stereocenters. The number of ether oxygens (including phenoxy) is 1. The monoisotopic (exact) mass is 286 g/mol. The summed E-state index contributed by atoms with van der Waals surface area (Å²) in [5.74, 6) is 5.82. The van der Waals surface area contributed by atoms with Gasteiger partial charge in [0.15, 0.2) is 5.69 Å². The lowest BCUT2D eigenvalue weighted by molar-refractivity contribution is 0.102. The third-order valence-electron chi connectivity index (χ3n) is 2.56. The number of nitrogens with one attached hydrogen (secondary N) is 2. The van der Waals surface area contributed by atoms with Gasteiger partial charge in [-0.15, -0.1) is 0 Å². The first kappa shape index (κ1) is 14.6. The van der Waals surface area contributed by atoms with Crippen molar-refractivity contribution in [2.75, 3.05) is 19.0 Å². The van der Waals surface area contributed by atoms with Crippen LogP contribution in [0.25, 0.3) is 0 Å². The number of benzene rings is 1. The number of carbonyl (C=O) groups is 1. The van der Waals surface area contributed by atoms with Crippen molar-refractivity contribution in [2.45, 2.75) is 6.42 Å². The van der Waals surface area contributed by atoms with Crippen LogP contribution in [-0.4, -0.2) is 40.1 Å². The molecule has 0 aliphatic carbocycles. The summed E-state index contributed by atoms with van der Waals surface area (Å²) in [5.41, 5.74) is 1.37. The minimum absolute atomic E-state index is 0.0128. The summed E-state index contributed by atoms with van der Waals surface area (Å²) in [5, 5.41) is 21.1. The number of aliphatic hydroxyl groups excluding tert-OH is 1. The van der Waals surface area contributed by atoms with Crippen molar-refractivity contribution < 1.29 is 14.6 Å². The Morgan fingerprint density at radius 2 is 2.38 bits per heavy atom. The topological polar surface area (TPSA) is 100 Å². The minimum atomic E-state index is -0.400. The molecule has 0 aliphatic heterocycles. The van der Waals surface area contributed by atoms with Crippen LogP contribution in [0.1, 0.15) is 22.5 Å². The summed E-state index contributed by atoms with van der Waals surface area (Å²) >= 11 is 0. The van der Waals surface area contributed by atoms with Gasteiger partial charge in [-0.2, -0.15) is 15.4 Å². The number of hydrogen-bond acceptors (Lipinski definition) is 5. The van der Waals surface area contributed by atoms with Crippen LogP contribution in [-0.2, 0) is 0 Å². The van der Waals surface area contributed by atoms with Gasteiger partial charge in [-0.1, -0.05) is 11.8 Å². The quantitative estimate of drug-likeness (QED) is 0.722. The average Bonchev–Trinajstić information content (AvgIpc) is 3.02. The number of hydrogen-bond donors (Lipinski definition) is 3. The Bertz CT molecular complexity index is 671. The maximum atomic E-state index is 12.0. The van der Waals surface area contributed by atoms with Crippen LogP contribution in [0.4, 0.5) is 5.69 Å². The molecule has 0 spiro atoms. The maximum Gasteiger partial charge on any atom is 0.277 e. The van der Waals surface area contributed by atoms with E-state index in [9.17, 15) is 4.79 Å². The summed E-state index contributed by atoms with van der Waals surface area (Å²) in [7, 11) is 1.51. The lowest BCUT2D eigenvalue weighted by atomic mass is 10.1. The molecule has 0 saturated carbocycles. The zero-order chi connectivity index (χ0) is 15.1. The molecular weight excluding hydrogens is 272 g/mol. The van der Waals surface area contributed by atoms with E-state index < -0.39 is 5.91 Å². The molecule has 1 heterocycles. The lowest BCUT2D eigenvalue weighted by Crippen LogP contribution is -2.13. The molecule has 0 radical (unpaired) electrons. The number of aromatic amines is 1. The first-order valence-electron chi connectivity index (χ1n) is 6.19. The number of aromatic nitrogens is 3. The Labute approximate surface area is 121 Å². The van der Waals surface area contributed by atoms with Gasteiger partial charge in [0.05, 0.1) is 25.6 Å². The van der Waals surface area contributed by atoms with Crippen LogP contribution in [0.3, 0.4) is 0 Å². The lowest BCUT2D eigenvalue weighted by Gasteiger charge is -2.09. The normalized spacial score (nSPS) is 9.62. The van der Waals surface area contributed by atoms with E-state index in [1.54, 1.807) is 18.2 Å². The molecule has 21 heavy (non-hydrogen) atoms. The molecule has 1 aromatic heterocycles. The van der Waals surface area contributed by atoms with Gasteiger partial charge < -0.3 is 15.2 Å². The SMILES string of the molecule is COc1ccc(C#CCCO)cc1NC(=O)c1cn[nH]n1. The average molecular weight is 286 g/mol. The molecule has 108 valence electrons. The second-order valence-electron chi connectivity index (χ2n) is 4.00. The molecule has 3 N–H and O–H groups in total. The number of carbonyl (C=O) groups excluding carboxylic acids is 1. The van der Waals surface area contributed by atoms with Crippen molar-refractivity contribution in [3.8, 4) is 17.6 Å². The molecule has 7 nitrogen and oxygen atoms in total. The van der Waals surface area contributed by atoms with E-state index in [2.05, 4.69) is 32.6 Å². The van der Waals surface area contributed by atoms with E-state index >= 15 is 0 Å². The van der Waals surface area contributed by atoms with E-state index in [1.807, 2.05) is 0 Å². The summed E-state index contributed by atoms with van der Waals surface area (Å²) in [4.78, 5) is 12.0. The van der Waals surface area contributed by atoms with Crippen LogP contribution >= 0.6 is 0 Å². The maximum absolute atomic E-state index is 12.0. The fourth-order valence-corrected chi connectivity index (χ4v) is 1.60. The number of H-pyrrole nitrogens is 1. The van der Waals surface area contributed by atoms with Crippen molar-refractivity contribution in [1.29, 1.82) is 0 Å². The van der Waals surface area contributed by atoms with Crippen molar-refractivity contribution in [2.24, 2.45) is 0 Å². The van der Waals surface area contributed by atoms with Gasteiger partial charge in [-0.3, -0.25) is 4.79 Å². The number of nitrogens with zero attached hydrogens (tertiary/aromatic N) is 2. The predicted octanol–water partition coefficient (Wildman–Crippen LogP) is 0.799. The molecule has 0 fully saturated rings. The van der Waals surface area contributed by atoms with Crippen LogP contribution in [0.15, 0.2) is 24.4 Å². The summed E-state index contributed by atoms with van der Waals surface area (Å²) in [6.45, 7) is 0.0128. The zero-order valence-electron chi connectivity index (χ0n) is 11.4. The van der Waals surface area contributed by atoms with E-state index in [4.69, 9.17) is 9.84 Å². The third-order valence-corrected chi connectivity index (χ3v) is 2.56. The highest BCUT2D eigenvalue weighted by Gasteiger charge is 2.12. The van der Waals surface area contributed by atoms with Gasteiger partial charge in [-0.25, -0.2) is 0 Å². The van der Waals surface area contributed by atoms with E-state index in [0.29, 0.717) is 23.4 Å². The highest BCUT2D eigenvalue weighted by Crippen LogP contribution is 2.25. The van der Waals surface area contributed by atoms with E-state index in [-0.39, 0.29) is 12.3 Å². The number of rotatable bonds is 4. The molecule has 0 unspecified atom stereocenters. The smallest absolute Gasteiger partial charge is 0.277 e. The fourth-order valence-electron chi connectivity index (χ4n) is 1.60. The highest BCUT2D eigenvalue weighted by atomic mass is 16.5. The molecule has 7 heteroatoms. The van der Waals surface area contributed by atoms with Gasteiger partial charge in [0, 0.05) is 12.0 Å². The number of aliphatic hydroxyl groups is 1. The van der Waals surface area contributed by atoms with Crippen molar-refractivity contribution in [3.63, 3.8) is 0 Å². The first-order chi connectivity index (χ1) is 10.2. The van der Waals surface area contributed by atoms with Gasteiger partial charge >= 0.3 is 0 Å². The molecule has 2 rings (SSSR count). The minimum Gasteiger partial charge on any atom is -0.495 e. The molecular formula is C14H14N4O3. The molecule has 1 aromatic carbocycles.